The minimum atomic E-state index is -0.169. The number of hydrogen-bond donors (Lipinski definition) is 2. The summed E-state index contributed by atoms with van der Waals surface area (Å²) in [5.41, 5.74) is 7.73. The summed E-state index contributed by atoms with van der Waals surface area (Å²) >= 11 is 0. The number of nitrogen functional groups attached to an aromatic ring is 1. The molecule has 26 heavy (non-hydrogen) atoms. The topological polar surface area (TPSA) is 129 Å². The molecule has 2 aliphatic rings. The Balaban J connectivity index is 1.53. The molecule has 4 rings (SSSR count). The lowest BCUT2D eigenvalue weighted by Crippen LogP contribution is -2.45. The maximum absolute atomic E-state index is 12.7. The quantitative estimate of drug-likeness (QED) is 0.780. The number of aromatic nitrogens is 3. The summed E-state index contributed by atoms with van der Waals surface area (Å²) in [6, 6.07) is 5.12. The standard InChI is InChI=1S/C18H18N6O2/c19-9-12-2-1-11(10-21-12)16(26)24-7-5-18(6-8-24)4-3-13-14(18)22-17(20)23-15(13)25/h1-2,10H,3-8H2,(H3,20,22,23,25). The molecule has 1 spiro atoms. The number of H-pyrrole nitrogens is 1. The molecule has 8 heteroatoms. The van der Waals surface area contributed by atoms with E-state index in [1.165, 1.54) is 6.20 Å². The third kappa shape index (κ3) is 2.52. The van der Waals surface area contributed by atoms with Gasteiger partial charge < -0.3 is 10.6 Å². The normalized spacial score (nSPS) is 17.7. The van der Waals surface area contributed by atoms with Crippen molar-refractivity contribution in [3.63, 3.8) is 0 Å². The van der Waals surface area contributed by atoms with E-state index in [1.807, 2.05) is 6.07 Å². The van der Waals surface area contributed by atoms with Crippen LogP contribution in [0.1, 0.15) is 46.6 Å². The first-order chi connectivity index (χ1) is 12.5. The van der Waals surface area contributed by atoms with E-state index in [4.69, 9.17) is 11.0 Å². The van der Waals surface area contributed by atoms with E-state index in [0.29, 0.717) is 25.1 Å². The number of anilines is 1. The van der Waals surface area contributed by atoms with Gasteiger partial charge in [-0.2, -0.15) is 5.26 Å². The molecule has 1 aliphatic heterocycles. The number of hydrogen-bond acceptors (Lipinski definition) is 6. The molecule has 2 aromatic heterocycles. The number of nitrogens with zero attached hydrogens (tertiary/aromatic N) is 4. The lowest BCUT2D eigenvalue weighted by Gasteiger charge is -2.39. The highest BCUT2D eigenvalue weighted by Crippen LogP contribution is 2.44. The summed E-state index contributed by atoms with van der Waals surface area (Å²) in [5.74, 6) is 0.0608. The zero-order valence-electron chi connectivity index (χ0n) is 14.2. The monoisotopic (exact) mass is 350 g/mol. The van der Waals surface area contributed by atoms with Crippen LogP contribution in [-0.4, -0.2) is 38.8 Å². The molecule has 0 radical (unpaired) electrons. The van der Waals surface area contributed by atoms with Crippen LogP contribution in [0.4, 0.5) is 5.95 Å². The molecule has 0 aromatic carbocycles. The highest BCUT2D eigenvalue weighted by Gasteiger charge is 2.44. The number of aromatic amines is 1. The molecule has 0 unspecified atom stereocenters. The molecule has 3 N–H and O–H groups in total. The number of rotatable bonds is 1. The van der Waals surface area contributed by atoms with Crippen molar-refractivity contribution in [2.75, 3.05) is 18.8 Å². The smallest absolute Gasteiger partial charge is 0.255 e. The van der Waals surface area contributed by atoms with Gasteiger partial charge >= 0.3 is 0 Å². The van der Waals surface area contributed by atoms with Gasteiger partial charge in [0.2, 0.25) is 5.95 Å². The largest absolute Gasteiger partial charge is 0.369 e. The van der Waals surface area contributed by atoms with Gasteiger partial charge in [0, 0.05) is 30.3 Å². The predicted molar refractivity (Wildman–Crippen MR) is 93.4 cm³/mol. The number of nitrogens with two attached hydrogens (primary N) is 1. The second-order valence-corrected chi connectivity index (χ2v) is 6.89. The summed E-state index contributed by atoms with van der Waals surface area (Å²) in [7, 11) is 0. The van der Waals surface area contributed by atoms with Crippen LogP contribution in [0.15, 0.2) is 23.1 Å². The van der Waals surface area contributed by atoms with Gasteiger partial charge in [-0.1, -0.05) is 0 Å². The minimum Gasteiger partial charge on any atom is -0.369 e. The number of pyridine rings is 1. The average molecular weight is 350 g/mol. The van der Waals surface area contributed by atoms with Crippen LogP contribution in [0.5, 0.6) is 0 Å². The van der Waals surface area contributed by atoms with Gasteiger partial charge in [0.1, 0.15) is 11.8 Å². The van der Waals surface area contributed by atoms with E-state index in [2.05, 4.69) is 15.0 Å². The molecule has 132 valence electrons. The predicted octanol–water partition coefficient (Wildman–Crippen LogP) is 0.739. The number of fused-ring (bicyclic) bond motifs is 2. The van der Waals surface area contributed by atoms with E-state index < -0.39 is 0 Å². The van der Waals surface area contributed by atoms with Gasteiger partial charge in [-0.3, -0.25) is 14.6 Å². The molecule has 0 bridgehead atoms. The first-order valence-electron chi connectivity index (χ1n) is 8.57. The second-order valence-electron chi connectivity index (χ2n) is 6.89. The Morgan fingerprint density at radius 2 is 2.08 bits per heavy atom. The summed E-state index contributed by atoms with van der Waals surface area (Å²) in [6.45, 7) is 1.18. The maximum atomic E-state index is 12.7. The Hall–Kier alpha value is -3.21. The lowest BCUT2D eigenvalue weighted by atomic mass is 9.76. The molecule has 8 nitrogen and oxygen atoms in total. The van der Waals surface area contributed by atoms with Crippen molar-refractivity contribution >= 4 is 11.9 Å². The van der Waals surface area contributed by atoms with Crippen molar-refractivity contribution in [2.24, 2.45) is 0 Å². The molecule has 3 heterocycles. The van der Waals surface area contributed by atoms with Crippen LogP contribution in [0.2, 0.25) is 0 Å². The van der Waals surface area contributed by atoms with Crippen molar-refractivity contribution < 1.29 is 4.79 Å². The Morgan fingerprint density at radius 1 is 1.31 bits per heavy atom. The van der Waals surface area contributed by atoms with E-state index >= 15 is 0 Å². The van der Waals surface area contributed by atoms with E-state index in [1.54, 1.807) is 17.0 Å². The number of carbonyl (C=O) groups is 1. The fraction of sp³-hybridized carbons (Fsp3) is 0.389. The maximum Gasteiger partial charge on any atom is 0.255 e. The number of carbonyl (C=O) groups excluding carboxylic acids is 1. The average Bonchev–Trinajstić information content (AvgIpc) is 3.00. The van der Waals surface area contributed by atoms with E-state index in [-0.39, 0.29) is 28.5 Å². The zero-order chi connectivity index (χ0) is 18.3. The summed E-state index contributed by atoms with van der Waals surface area (Å²) in [4.78, 5) is 37.5. The number of nitriles is 1. The first-order valence-corrected chi connectivity index (χ1v) is 8.57. The van der Waals surface area contributed by atoms with Crippen molar-refractivity contribution in [1.82, 2.24) is 19.9 Å². The number of piperidine rings is 1. The van der Waals surface area contributed by atoms with Crippen LogP contribution in [0, 0.1) is 11.3 Å². The third-order valence-corrected chi connectivity index (χ3v) is 5.52. The molecule has 1 saturated heterocycles. The van der Waals surface area contributed by atoms with Crippen molar-refractivity contribution in [3.05, 3.63) is 51.2 Å². The van der Waals surface area contributed by atoms with Crippen LogP contribution >= 0.6 is 0 Å². The van der Waals surface area contributed by atoms with Gasteiger partial charge in [-0.15, -0.1) is 0 Å². The Labute approximate surface area is 149 Å². The zero-order valence-corrected chi connectivity index (χ0v) is 14.2. The Bertz CT molecular complexity index is 965. The Morgan fingerprint density at radius 3 is 2.73 bits per heavy atom. The summed E-state index contributed by atoms with van der Waals surface area (Å²) in [5, 5.41) is 8.81. The summed E-state index contributed by atoms with van der Waals surface area (Å²) in [6.07, 6.45) is 4.52. The van der Waals surface area contributed by atoms with Gasteiger partial charge in [0.25, 0.3) is 11.5 Å². The summed E-state index contributed by atoms with van der Waals surface area (Å²) < 4.78 is 0. The molecule has 0 atom stereocenters. The van der Waals surface area contributed by atoms with Crippen LogP contribution < -0.4 is 11.3 Å². The van der Waals surface area contributed by atoms with Crippen molar-refractivity contribution in [3.8, 4) is 6.07 Å². The second kappa shape index (κ2) is 5.95. The molecule has 1 fully saturated rings. The van der Waals surface area contributed by atoms with Crippen LogP contribution in [0.25, 0.3) is 0 Å². The highest BCUT2D eigenvalue weighted by atomic mass is 16.2. The van der Waals surface area contributed by atoms with Crippen molar-refractivity contribution in [1.29, 1.82) is 5.26 Å². The van der Waals surface area contributed by atoms with Gasteiger partial charge in [0.15, 0.2) is 0 Å². The molecular weight excluding hydrogens is 332 g/mol. The molecular formula is C18H18N6O2. The van der Waals surface area contributed by atoms with Gasteiger partial charge in [0.05, 0.1) is 11.3 Å². The fourth-order valence-electron chi connectivity index (χ4n) is 4.06. The molecule has 1 aliphatic carbocycles. The van der Waals surface area contributed by atoms with Crippen LogP contribution in [0.3, 0.4) is 0 Å². The molecule has 0 saturated carbocycles. The number of nitrogens with one attached hydrogen (secondary N) is 1. The molecule has 2 aromatic rings. The van der Waals surface area contributed by atoms with Crippen LogP contribution in [-0.2, 0) is 11.8 Å². The minimum absolute atomic E-state index is 0.0894. The Kier molecular flexibility index (Phi) is 3.72. The van der Waals surface area contributed by atoms with Gasteiger partial charge in [-0.05, 0) is 37.8 Å². The third-order valence-electron chi connectivity index (χ3n) is 5.52. The number of amides is 1. The fourth-order valence-corrected chi connectivity index (χ4v) is 4.06. The SMILES string of the molecule is N#Cc1ccc(C(=O)N2CCC3(CCc4c3nc(N)[nH]c4=O)CC2)cn1. The lowest BCUT2D eigenvalue weighted by molar-refractivity contribution is 0.0663. The van der Waals surface area contributed by atoms with Crippen molar-refractivity contribution in [2.45, 2.75) is 31.1 Å². The molecule has 1 amide bonds. The first kappa shape index (κ1) is 16.3. The number of likely N-dealkylation sites (tertiary alicyclic amines) is 1. The van der Waals surface area contributed by atoms with E-state index in [9.17, 15) is 9.59 Å². The van der Waals surface area contributed by atoms with E-state index in [0.717, 1.165) is 30.5 Å². The highest BCUT2D eigenvalue weighted by molar-refractivity contribution is 5.94. The van der Waals surface area contributed by atoms with Gasteiger partial charge in [-0.25, -0.2) is 9.97 Å².